The topological polar surface area (TPSA) is 70.1 Å². The number of alkyl halides is 3. The van der Waals surface area contributed by atoms with Crippen molar-refractivity contribution in [3.63, 3.8) is 0 Å². The first kappa shape index (κ1) is 23.5. The Labute approximate surface area is 200 Å². The van der Waals surface area contributed by atoms with Gasteiger partial charge in [-0.2, -0.15) is 18.4 Å². The van der Waals surface area contributed by atoms with Crippen LogP contribution in [0.2, 0.25) is 0 Å². The van der Waals surface area contributed by atoms with Gasteiger partial charge in [0, 0.05) is 11.4 Å². The number of benzene rings is 3. The van der Waals surface area contributed by atoms with Crippen LogP contribution < -0.4 is 10.6 Å². The Morgan fingerprint density at radius 2 is 1.56 bits per heavy atom. The molecule has 0 saturated carbocycles. The first-order valence-electron chi connectivity index (χ1n) is 10.4. The molecule has 3 aromatic rings. The average molecular weight is 480 g/mol. The molecule has 2 N–H and O–H groups in total. The number of rotatable bonds is 3. The quantitative estimate of drug-likeness (QED) is 0.363. The highest BCUT2D eigenvalue weighted by Crippen LogP contribution is 2.43. The molecule has 3 aromatic carbocycles. The number of carbonyl (C=O) groups is 1. The fraction of sp³-hybridized carbons (Fsp3) is 0.192. The molecule has 0 radical (unpaired) electrons. The van der Waals surface area contributed by atoms with E-state index in [-0.39, 0.29) is 16.3 Å². The van der Waals surface area contributed by atoms with E-state index in [9.17, 15) is 18.0 Å². The number of hydrogen-bond acceptors (Lipinski definition) is 4. The van der Waals surface area contributed by atoms with Crippen molar-refractivity contribution < 1.29 is 18.0 Å². The van der Waals surface area contributed by atoms with Crippen molar-refractivity contribution in [1.29, 1.82) is 5.26 Å². The summed E-state index contributed by atoms with van der Waals surface area (Å²) in [6.07, 6.45) is -4.72. The zero-order valence-corrected chi connectivity index (χ0v) is 19.2. The summed E-state index contributed by atoms with van der Waals surface area (Å²) in [6.45, 7) is 3.40. The van der Waals surface area contributed by atoms with Crippen LogP contribution in [0.4, 0.5) is 24.5 Å². The Bertz CT molecular complexity index is 1320. The van der Waals surface area contributed by atoms with Crippen LogP contribution in [0, 0.1) is 11.3 Å². The molecular weight excluding hydrogens is 459 g/mol. The normalized spacial score (nSPS) is 17.6. The van der Waals surface area contributed by atoms with Gasteiger partial charge in [0.2, 0.25) is 0 Å². The zero-order valence-electron chi connectivity index (χ0n) is 18.4. The number of anilines is 2. The second kappa shape index (κ2) is 8.26. The van der Waals surface area contributed by atoms with E-state index in [4.69, 9.17) is 23.2 Å². The molecule has 8 heteroatoms. The van der Waals surface area contributed by atoms with Gasteiger partial charge < -0.3 is 10.6 Å². The third-order valence-corrected chi connectivity index (χ3v) is 6.48. The molecule has 0 aliphatic carbocycles. The first-order valence-corrected chi connectivity index (χ1v) is 10.8. The summed E-state index contributed by atoms with van der Waals surface area (Å²) in [4.78, 5) is 15.3. The lowest BCUT2D eigenvalue weighted by Gasteiger charge is -2.31. The molecule has 1 heterocycles. The Balaban J connectivity index is 1.72. The second-order valence-electron chi connectivity index (χ2n) is 8.61. The van der Waals surface area contributed by atoms with E-state index in [1.807, 2.05) is 36.4 Å². The number of nitrogens with two attached hydrogens (primary N) is 1. The molecule has 34 heavy (non-hydrogen) atoms. The molecule has 1 fully saturated rings. The van der Waals surface area contributed by atoms with Crippen molar-refractivity contribution in [2.24, 2.45) is 0 Å². The minimum absolute atomic E-state index is 0.121. The number of Topliss-reactive ketones (excluding diaryl/α,β-unsaturated/α-hetero) is 1. The maximum atomic E-state index is 13.5. The van der Waals surface area contributed by atoms with Gasteiger partial charge in [-0.25, -0.2) is 0 Å². The SMILES string of the molecule is CC1(C)C(=O)C(c2ccc(C#N)c(C(F)(F)F)c2)C(=S)N1c1ccc(-c2ccc(N)cc2)cc1. The van der Waals surface area contributed by atoms with E-state index in [1.165, 1.54) is 6.07 Å². The molecule has 1 unspecified atom stereocenters. The summed E-state index contributed by atoms with van der Waals surface area (Å²) < 4.78 is 40.5. The molecule has 0 aromatic heterocycles. The number of ketones is 1. The Morgan fingerprint density at radius 1 is 1.00 bits per heavy atom. The van der Waals surface area contributed by atoms with Gasteiger partial charge in [0.25, 0.3) is 0 Å². The minimum Gasteiger partial charge on any atom is -0.399 e. The van der Waals surface area contributed by atoms with Crippen LogP contribution >= 0.6 is 12.2 Å². The van der Waals surface area contributed by atoms with Crippen molar-refractivity contribution in [2.45, 2.75) is 31.5 Å². The van der Waals surface area contributed by atoms with Crippen LogP contribution in [0.25, 0.3) is 11.1 Å². The predicted molar refractivity (Wildman–Crippen MR) is 129 cm³/mol. The van der Waals surface area contributed by atoms with Gasteiger partial charge in [-0.1, -0.05) is 42.5 Å². The smallest absolute Gasteiger partial charge is 0.399 e. The van der Waals surface area contributed by atoms with Crippen LogP contribution in [0.5, 0.6) is 0 Å². The molecule has 1 aliphatic rings. The van der Waals surface area contributed by atoms with E-state index >= 15 is 0 Å². The van der Waals surface area contributed by atoms with E-state index < -0.39 is 28.8 Å². The monoisotopic (exact) mass is 479 g/mol. The summed E-state index contributed by atoms with van der Waals surface area (Å²) in [7, 11) is 0. The lowest BCUT2D eigenvalue weighted by molar-refractivity contribution is -0.138. The van der Waals surface area contributed by atoms with Crippen LogP contribution in [0.3, 0.4) is 0 Å². The van der Waals surface area contributed by atoms with Gasteiger partial charge in [-0.05, 0) is 66.9 Å². The molecule has 1 atom stereocenters. The molecule has 0 amide bonds. The average Bonchev–Trinajstić information content (AvgIpc) is 2.97. The van der Waals surface area contributed by atoms with Gasteiger partial charge in [-0.15, -0.1) is 0 Å². The lowest BCUT2D eigenvalue weighted by atomic mass is 9.88. The molecular formula is C26H20F3N3OS. The van der Waals surface area contributed by atoms with Crippen LogP contribution in [-0.4, -0.2) is 16.3 Å². The highest BCUT2D eigenvalue weighted by Gasteiger charge is 2.51. The second-order valence-corrected chi connectivity index (χ2v) is 9.03. The van der Waals surface area contributed by atoms with Gasteiger partial charge in [0.05, 0.1) is 33.6 Å². The standard InChI is InChI=1S/C26H20F3N3OS/c1-25(2)23(33)22(17-3-4-18(14-30)21(13-17)26(27,28)29)24(34)32(25)20-11-7-16(8-12-20)15-5-9-19(31)10-6-15/h3-13,22H,31H2,1-2H3. The molecule has 172 valence electrons. The van der Waals surface area contributed by atoms with Crippen molar-refractivity contribution >= 4 is 34.4 Å². The molecule has 0 bridgehead atoms. The number of thiocarbonyl (C=S) groups is 1. The predicted octanol–water partition coefficient (Wildman–Crippen LogP) is 6.11. The fourth-order valence-electron chi connectivity index (χ4n) is 4.28. The summed E-state index contributed by atoms with van der Waals surface area (Å²) in [5.74, 6) is -1.34. The third-order valence-electron chi connectivity index (χ3n) is 6.06. The third kappa shape index (κ3) is 3.93. The van der Waals surface area contributed by atoms with E-state index in [1.54, 1.807) is 36.9 Å². The Kier molecular flexibility index (Phi) is 5.70. The van der Waals surface area contributed by atoms with E-state index in [0.29, 0.717) is 11.4 Å². The number of carbonyl (C=O) groups excluding carboxylic acids is 1. The van der Waals surface area contributed by atoms with Crippen molar-refractivity contribution in [3.05, 3.63) is 83.4 Å². The Hall–Kier alpha value is -3.70. The number of nitrogens with zero attached hydrogens (tertiary/aromatic N) is 2. The molecule has 1 saturated heterocycles. The zero-order chi connectivity index (χ0) is 24.8. The largest absolute Gasteiger partial charge is 0.417 e. The number of halogens is 3. The maximum Gasteiger partial charge on any atom is 0.417 e. The van der Waals surface area contributed by atoms with Crippen LogP contribution in [0.15, 0.2) is 66.7 Å². The van der Waals surface area contributed by atoms with Gasteiger partial charge in [0.15, 0.2) is 5.78 Å². The fourth-order valence-corrected chi connectivity index (χ4v) is 4.85. The minimum atomic E-state index is -4.72. The highest BCUT2D eigenvalue weighted by atomic mass is 32.1. The number of hydrogen-bond donors (Lipinski definition) is 1. The molecule has 4 rings (SSSR count). The van der Waals surface area contributed by atoms with Gasteiger partial charge in [-0.3, -0.25) is 4.79 Å². The molecule has 4 nitrogen and oxygen atoms in total. The van der Waals surface area contributed by atoms with Gasteiger partial charge in [0.1, 0.15) is 0 Å². The van der Waals surface area contributed by atoms with Crippen molar-refractivity contribution in [1.82, 2.24) is 0 Å². The summed E-state index contributed by atoms with van der Waals surface area (Å²) in [5.41, 5.74) is 6.45. The molecule has 0 spiro atoms. The number of nitriles is 1. The lowest BCUT2D eigenvalue weighted by Crippen LogP contribution is -2.44. The van der Waals surface area contributed by atoms with E-state index in [0.717, 1.165) is 23.3 Å². The van der Waals surface area contributed by atoms with E-state index in [2.05, 4.69) is 0 Å². The number of nitrogen functional groups attached to an aromatic ring is 1. The van der Waals surface area contributed by atoms with Crippen LogP contribution in [-0.2, 0) is 11.0 Å². The van der Waals surface area contributed by atoms with Gasteiger partial charge >= 0.3 is 6.18 Å². The highest BCUT2D eigenvalue weighted by molar-refractivity contribution is 7.80. The van der Waals surface area contributed by atoms with Crippen molar-refractivity contribution in [3.8, 4) is 17.2 Å². The first-order chi connectivity index (χ1) is 15.9. The Morgan fingerprint density at radius 3 is 2.09 bits per heavy atom. The summed E-state index contributed by atoms with van der Waals surface area (Å²) in [5, 5.41) is 9.08. The molecule has 1 aliphatic heterocycles. The van der Waals surface area contributed by atoms with Crippen molar-refractivity contribution in [2.75, 3.05) is 10.6 Å². The van der Waals surface area contributed by atoms with Crippen LogP contribution in [0.1, 0.15) is 36.5 Å². The maximum absolute atomic E-state index is 13.5. The summed E-state index contributed by atoms with van der Waals surface area (Å²) in [6, 6.07) is 19.7. The summed E-state index contributed by atoms with van der Waals surface area (Å²) >= 11 is 5.64.